The molecule has 112 valence electrons. The lowest BCUT2D eigenvalue weighted by Crippen LogP contribution is -2.20. The highest BCUT2D eigenvalue weighted by Gasteiger charge is 2.08. The van der Waals surface area contributed by atoms with Crippen LogP contribution < -0.4 is 14.8 Å². The van der Waals surface area contributed by atoms with Crippen molar-refractivity contribution in [3.8, 4) is 17.6 Å². The zero-order valence-corrected chi connectivity index (χ0v) is 12.2. The van der Waals surface area contributed by atoms with Gasteiger partial charge in [-0.05, 0) is 37.3 Å². The lowest BCUT2D eigenvalue weighted by molar-refractivity contribution is -0.118. The molecule has 0 spiro atoms. The van der Waals surface area contributed by atoms with Gasteiger partial charge in [-0.3, -0.25) is 4.79 Å². The summed E-state index contributed by atoms with van der Waals surface area (Å²) >= 11 is 0. The molecule has 1 amide bonds. The minimum Gasteiger partial charge on any atom is -0.492 e. The largest absolute Gasteiger partial charge is 0.492 e. The summed E-state index contributed by atoms with van der Waals surface area (Å²) < 4.78 is 10.8. The zero-order chi connectivity index (χ0) is 15.8. The Kier molecular flexibility index (Phi) is 5.38. The summed E-state index contributed by atoms with van der Waals surface area (Å²) in [5, 5.41) is 11.6. The van der Waals surface area contributed by atoms with E-state index in [0.29, 0.717) is 29.4 Å². The molecule has 0 saturated carbocycles. The van der Waals surface area contributed by atoms with Gasteiger partial charge in [0.25, 0.3) is 5.91 Å². The molecule has 0 atom stereocenters. The van der Waals surface area contributed by atoms with Gasteiger partial charge in [0.15, 0.2) is 6.61 Å². The Morgan fingerprint density at radius 1 is 1.18 bits per heavy atom. The number of nitrogens with one attached hydrogen (secondary N) is 1. The van der Waals surface area contributed by atoms with Crippen molar-refractivity contribution in [1.29, 1.82) is 5.26 Å². The van der Waals surface area contributed by atoms with Gasteiger partial charge in [-0.25, -0.2) is 0 Å². The van der Waals surface area contributed by atoms with E-state index in [1.165, 1.54) is 0 Å². The number of carbonyl (C=O) groups excluding carboxylic acids is 1. The van der Waals surface area contributed by atoms with Crippen LogP contribution in [0.25, 0.3) is 0 Å². The predicted molar refractivity (Wildman–Crippen MR) is 82.9 cm³/mol. The van der Waals surface area contributed by atoms with E-state index < -0.39 is 0 Å². The molecule has 22 heavy (non-hydrogen) atoms. The molecule has 0 aromatic heterocycles. The van der Waals surface area contributed by atoms with E-state index in [1.807, 2.05) is 25.1 Å². The monoisotopic (exact) mass is 296 g/mol. The lowest BCUT2D eigenvalue weighted by atomic mass is 10.2. The first-order valence-electron chi connectivity index (χ1n) is 6.87. The van der Waals surface area contributed by atoms with Crippen molar-refractivity contribution in [2.75, 3.05) is 18.5 Å². The van der Waals surface area contributed by atoms with Gasteiger partial charge in [0.2, 0.25) is 0 Å². The molecule has 0 heterocycles. The minimum absolute atomic E-state index is 0.144. The first-order valence-corrected chi connectivity index (χ1v) is 6.87. The third-order valence-electron chi connectivity index (χ3n) is 2.79. The highest BCUT2D eigenvalue weighted by atomic mass is 16.5. The van der Waals surface area contributed by atoms with E-state index in [1.54, 1.807) is 36.4 Å². The van der Waals surface area contributed by atoms with E-state index in [0.717, 1.165) is 0 Å². The van der Waals surface area contributed by atoms with Gasteiger partial charge in [0, 0.05) is 0 Å². The number of amides is 1. The Labute approximate surface area is 129 Å². The molecule has 0 bridgehead atoms. The molecule has 0 unspecified atom stereocenters. The van der Waals surface area contributed by atoms with Crippen LogP contribution in [0.2, 0.25) is 0 Å². The molecule has 2 aromatic carbocycles. The Hall–Kier alpha value is -3.00. The van der Waals surface area contributed by atoms with Crippen LogP contribution in [0.15, 0.2) is 48.5 Å². The van der Waals surface area contributed by atoms with Crippen molar-refractivity contribution in [2.24, 2.45) is 0 Å². The quantitative estimate of drug-likeness (QED) is 0.889. The smallest absolute Gasteiger partial charge is 0.262 e. The van der Waals surface area contributed by atoms with Gasteiger partial charge in [-0.15, -0.1) is 0 Å². The Morgan fingerprint density at radius 3 is 2.77 bits per heavy atom. The number of nitriles is 1. The molecule has 1 N–H and O–H groups in total. The fourth-order valence-corrected chi connectivity index (χ4v) is 1.84. The maximum atomic E-state index is 11.9. The maximum Gasteiger partial charge on any atom is 0.262 e. The predicted octanol–water partition coefficient (Wildman–Crippen LogP) is 2.97. The van der Waals surface area contributed by atoms with Crippen LogP contribution in [0.3, 0.4) is 0 Å². The summed E-state index contributed by atoms with van der Waals surface area (Å²) in [5.41, 5.74) is 1.09. The summed E-state index contributed by atoms with van der Waals surface area (Å²) in [5.74, 6) is 0.798. The summed E-state index contributed by atoms with van der Waals surface area (Å²) in [4.78, 5) is 11.9. The fraction of sp³-hybridized carbons (Fsp3) is 0.176. The second-order valence-electron chi connectivity index (χ2n) is 4.41. The summed E-state index contributed by atoms with van der Waals surface area (Å²) in [6, 6.07) is 15.9. The number of hydrogen-bond acceptors (Lipinski definition) is 4. The van der Waals surface area contributed by atoms with Crippen molar-refractivity contribution < 1.29 is 14.3 Å². The van der Waals surface area contributed by atoms with E-state index >= 15 is 0 Å². The molecule has 0 saturated heterocycles. The molecule has 0 aliphatic heterocycles. The van der Waals surface area contributed by atoms with E-state index in [2.05, 4.69) is 5.32 Å². The standard InChI is InChI=1S/C17H16N2O3/c1-2-21-16-9-4-3-8-15(16)19-17(20)12-22-14-7-5-6-13(10-14)11-18/h3-10H,2,12H2,1H3,(H,19,20). The minimum atomic E-state index is -0.297. The Morgan fingerprint density at radius 2 is 2.00 bits per heavy atom. The second-order valence-corrected chi connectivity index (χ2v) is 4.41. The zero-order valence-electron chi connectivity index (χ0n) is 12.2. The van der Waals surface area contributed by atoms with Crippen molar-refractivity contribution in [3.05, 3.63) is 54.1 Å². The van der Waals surface area contributed by atoms with Crippen LogP contribution in [0.1, 0.15) is 12.5 Å². The molecule has 0 aliphatic rings. The molecule has 0 radical (unpaired) electrons. The summed E-state index contributed by atoms with van der Waals surface area (Å²) in [6.45, 7) is 2.25. The van der Waals surface area contributed by atoms with E-state index in [9.17, 15) is 4.79 Å². The van der Waals surface area contributed by atoms with Crippen LogP contribution in [0, 0.1) is 11.3 Å². The fourth-order valence-electron chi connectivity index (χ4n) is 1.84. The maximum absolute atomic E-state index is 11.9. The van der Waals surface area contributed by atoms with E-state index in [-0.39, 0.29) is 12.5 Å². The average Bonchev–Trinajstić information content (AvgIpc) is 2.55. The van der Waals surface area contributed by atoms with Crippen molar-refractivity contribution >= 4 is 11.6 Å². The topological polar surface area (TPSA) is 71.3 Å². The van der Waals surface area contributed by atoms with Crippen molar-refractivity contribution in [1.82, 2.24) is 0 Å². The summed E-state index contributed by atoms with van der Waals surface area (Å²) in [6.07, 6.45) is 0. The average molecular weight is 296 g/mol. The Balaban J connectivity index is 1.94. The Bertz CT molecular complexity index is 692. The van der Waals surface area contributed by atoms with Gasteiger partial charge in [-0.2, -0.15) is 5.26 Å². The molecular formula is C17H16N2O3. The summed E-state index contributed by atoms with van der Waals surface area (Å²) in [7, 11) is 0. The third kappa shape index (κ3) is 4.25. The molecule has 0 aliphatic carbocycles. The van der Waals surface area contributed by atoms with E-state index in [4.69, 9.17) is 14.7 Å². The van der Waals surface area contributed by atoms with Gasteiger partial charge >= 0.3 is 0 Å². The molecule has 5 heteroatoms. The number of benzene rings is 2. The first-order chi connectivity index (χ1) is 10.7. The molecule has 2 rings (SSSR count). The molecular weight excluding hydrogens is 280 g/mol. The highest BCUT2D eigenvalue weighted by Crippen LogP contribution is 2.23. The van der Waals surface area contributed by atoms with Gasteiger partial charge in [0.1, 0.15) is 11.5 Å². The van der Waals surface area contributed by atoms with Crippen LogP contribution in [-0.4, -0.2) is 19.1 Å². The number of hydrogen-bond donors (Lipinski definition) is 1. The normalized spacial score (nSPS) is 9.64. The number of carbonyl (C=O) groups is 1. The van der Waals surface area contributed by atoms with Crippen LogP contribution in [0.4, 0.5) is 5.69 Å². The number of rotatable bonds is 6. The second kappa shape index (κ2) is 7.70. The van der Waals surface area contributed by atoms with Crippen LogP contribution >= 0.6 is 0 Å². The molecule has 2 aromatic rings. The first kappa shape index (κ1) is 15.4. The lowest BCUT2D eigenvalue weighted by Gasteiger charge is -2.11. The number of anilines is 1. The SMILES string of the molecule is CCOc1ccccc1NC(=O)COc1cccc(C#N)c1. The van der Waals surface area contributed by atoms with Crippen LogP contribution in [-0.2, 0) is 4.79 Å². The molecule has 0 fully saturated rings. The number of para-hydroxylation sites is 2. The highest BCUT2D eigenvalue weighted by molar-refractivity contribution is 5.93. The van der Waals surface area contributed by atoms with Gasteiger partial charge in [0.05, 0.1) is 23.9 Å². The molecule has 5 nitrogen and oxygen atoms in total. The third-order valence-corrected chi connectivity index (χ3v) is 2.79. The number of ether oxygens (including phenoxy) is 2. The van der Waals surface area contributed by atoms with Crippen molar-refractivity contribution in [2.45, 2.75) is 6.92 Å². The number of nitrogens with zero attached hydrogens (tertiary/aromatic N) is 1. The van der Waals surface area contributed by atoms with Crippen molar-refractivity contribution in [3.63, 3.8) is 0 Å². The van der Waals surface area contributed by atoms with Gasteiger partial charge in [-0.1, -0.05) is 18.2 Å². The van der Waals surface area contributed by atoms with Crippen LogP contribution in [0.5, 0.6) is 11.5 Å². The van der Waals surface area contributed by atoms with Gasteiger partial charge < -0.3 is 14.8 Å².